The molecule has 4 rings (SSSR count). The standard InChI is InChI=1S/C18H11F3N4O2S/c1-27-10-4-2-3-9(7-10)13-8-28-18-23-17(24-25(13)18)22-16(26)11-5-6-12(19)15(21)14(11)20/h2-8H,1H3,(H,22,24,26). The van der Waals surface area contributed by atoms with Gasteiger partial charge in [-0.1, -0.05) is 12.1 Å². The summed E-state index contributed by atoms with van der Waals surface area (Å²) in [5.74, 6) is -5.08. The van der Waals surface area contributed by atoms with Gasteiger partial charge >= 0.3 is 0 Å². The molecule has 0 saturated heterocycles. The molecule has 0 spiro atoms. The molecule has 10 heteroatoms. The molecule has 1 amide bonds. The maximum Gasteiger partial charge on any atom is 0.261 e. The highest BCUT2D eigenvalue weighted by Gasteiger charge is 2.20. The van der Waals surface area contributed by atoms with E-state index in [1.807, 2.05) is 23.6 Å². The molecule has 28 heavy (non-hydrogen) atoms. The number of hydrogen-bond acceptors (Lipinski definition) is 5. The van der Waals surface area contributed by atoms with Crippen LogP contribution in [0.1, 0.15) is 10.4 Å². The number of hydrogen-bond donors (Lipinski definition) is 1. The maximum absolute atomic E-state index is 13.8. The molecule has 0 atom stereocenters. The molecule has 0 unspecified atom stereocenters. The molecular weight excluding hydrogens is 393 g/mol. The van der Waals surface area contributed by atoms with Crippen molar-refractivity contribution in [2.75, 3.05) is 12.4 Å². The first kappa shape index (κ1) is 18.0. The first-order chi connectivity index (χ1) is 13.5. The van der Waals surface area contributed by atoms with Gasteiger partial charge in [0.1, 0.15) is 5.75 Å². The zero-order chi connectivity index (χ0) is 19.8. The van der Waals surface area contributed by atoms with Gasteiger partial charge in [-0.3, -0.25) is 10.1 Å². The fraction of sp³-hybridized carbons (Fsp3) is 0.0556. The quantitative estimate of drug-likeness (QED) is 0.519. The lowest BCUT2D eigenvalue weighted by atomic mass is 10.2. The third-order valence-electron chi connectivity index (χ3n) is 3.95. The van der Waals surface area contributed by atoms with E-state index in [9.17, 15) is 18.0 Å². The van der Waals surface area contributed by atoms with E-state index in [1.165, 1.54) is 15.9 Å². The van der Waals surface area contributed by atoms with Crippen LogP contribution in [-0.4, -0.2) is 27.6 Å². The molecule has 0 aliphatic carbocycles. The van der Waals surface area contributed by atoms with Crippen LogP contribution in [0.15, 0.2) is 41.8 Å². The number of methoxy groups -OCH3 is 1. The van der Waals surface area contributed by atoms with Gasteiger partial charge in [-0.15, -0.1) is 16.4 Å². The second-order valence-corrected chi connectivity index (χ2v) is 6.50. The molecule has 0 bridgehead atoms. The lowest BCUT2D eigenvalue weighted by molar-refractivity contribution is 0.102. The molecule has 1 N–H and O–H groups in total. The van der Waals surface area contributed by atoms with Gasteiger partial charge in [0.25, 0.3) is 11.9 Å². The number of carbonyl (C=O) groups is 1. The lowest BCUT2D eigenvalue weighted by Gasteiger charge is -2.04. The highest BCUT2D eigenvalue weighted by atomic mass is 32.1. The third-order valence-corrected chi connectivity index (χ3v) is 4.77. The number of aromatic nitrogens is 3. The van der Waals surface area contributed by atoms with Crippen LogP contribution in [0.5, 0.6) is 5.75 Å². The second-order valence-electron chi connectivity index (χ2n) is 5.66. The van der Waals surface area contributed by atoms with Gasteiger partial charge in [0.05, 0.1) is 18.4 Å². The maximum atomic E-state index is 13.8. The van der Waals surface area contributed by atoms with Crippen molar-refractivity contribution in [3.8, 4) is 17.0 Å². The van der Waals surface area contributed by atoms with E-state index < -0.39 is 28.9 Å². The number of nitrogens with one attached hydrogen (secondary N) is 1. The molecule has 2 aromatic heterocycles. The molecule has 2 heterocycles. The van der Waals surface area contributed by atoms with Crippen molar-refractivity contribution in [1.29, 1.82) is 0 Å². The topological polar surface area (TPSA) is 68.5 Å². The molecule has 0 fully saturated rings. The molecular formula is C18H11F3N4O2S. The number of amides is 1. The summed E-state index contributed by atoms with van der Waals surface area (Å²) in [6.07, 6.45) is 0. The van der Waals surface area contributed by atoms with Gasteiger partial charge in [-0.2, -0.15) is 4.98 Å². The summed E-state index contributed by atoms with van der Waals surface area (Å²) in [5, 5.41) is 8.32. The average molecular weight is 404 g/mol. The number of benzene rings is 2. The Labute approximate surface area is 160 Å². The van der Waals surface area contributed by atoms with Crippen molar-refractivity contribution in [2.24, 2.45) is 0 Å². The van der Waals surface area contributed by atoms with E-state index in [1.54, 1.807) is 13.2 Å². The Hall–Kier alpha value is -3.40. The minimum absolute atomic E-state index is 0.0925. The number of carbonyl (C=O) groups excluding carboxylic acids is 1. The Balaban J connectivity index is 1.65. The summed E-state index contributed by atoms with van der Waals surface area (Å²) in [6, 6.07) is 8.83. The number of fused-ring (bicyclic) bond motifs is 1. The number of thiazole rings is 1. The molecule has 6 nitrogen and oxygen atoms in total. The number of ether oxygens (including phenoxy) is 1. The van der Waals surface area contributed by atoms with Crippen molar-refractivity contribution < 1.29 is 22.7 Å². The summed E-state index contributed by atoms with van der Waals surface area (Å²) in [5.41, 5.74) is 0.885. The summed E-state index contributed by atoms with van der Waals surface area (Å²) < 4.78 is 46.9. The predicted molar refractivity (Wildman–Crippen MR) is 97.1 cm³/mol. The van der Waals surface area contributed by atoms with Crippen LogP contribution < -0.4 is 10.1 Å². The Morgan fingerprint density at radius 2 is 2.00 bits per heavy atom. The van der Waals surface area contributed by atoms with Gasteiger partial charge < -0.3 is 4.74 Å². The number of nitrogens with zero attached hydrogens (tertiary/aromatic N) is 3. The zero-order valence-corrected chi connectivity index (χ0v) is 15.1. The molecule has 142 valence electrons. The van der Waals surface area contributed by atoms with Crippen LogP contribution in [-0.2, 0) is 0 Å². The molecule has 0 aliphatic rings. The monoisotopic (exact) mass is 404 g/mol. The van der Waals surface area contributed by atoms with E-state index in [0.717, 1.165) is 11.6 Å². The summed E-state index contributed by atoms with van der Waals surface area (Å²) in [6.45, 7) is 0. The number of halogens is 3. The van der Waals surface area contributed by atoms with Crippen molar-refractivity contribution in [2.45, 2.75) is 0 Å². The molecule has 0 radical (unpaired) electrons. The van der Waals surface area contributed by atoms with Crippen molar-refractivity contribution in [1.82, 2.24) is 14.6 Å². The average Bonchev–Trinajstić information content (AvgIpc) is 3.26. The second kappa shape index (κ2) is 6.97. The Kier molecular flexibility index (Phi) is 4.47. The van der Waals surface area contributed by atoms with Crippen LogP contribution >= 0.6 is 11.3 Å². The Morgan fingerprint density at radius 1 is 1.18 bits per heavy atom. The largest absolute Gasteiger partial charge is 0.497 e. The van der Waals surface area contributed by atoms with E-state index in [0.29, 0.717) is 22.5 Å². The summed E-state index contributed by atoms with van der Waals surface area (Å²) in [7, 11) is 1.56. The highest BCUT2D eigenvalue weighted by Crippen LogP contribution is 2.28. The molecule has 4 aromatic rings. The van der Waals surface area contributed by atoms with E-state index in [2.05, 4.69) is 15.4 Å². The van der Waals surface area contributed by atoms with Crippen molar-refractivity contribution in [3.63, 3.8) is 0 Å². The molecule has 2 aromatic carbocycles. The van der Waals surface area contributed by atoms with Gasteiger partial charge in [0, 0.05) is 10.9 Å². The minimum Gasteiger partial charge on any atom is -0.497 e. The van der Waals surface area contributed by atoms with Crippen LogP contribution in [0.25, 0.3) is 16.2 Å². The SMILES string of the molecule is COc1cccc(-c2csc3nc(NC(=O)c4ccc(F)c(F)c4F)nn23)c1. The molecule has 0 aliphatic heterocycles. The van der Waals surface area contributed by atoms with Crippen molar-refractivity contribution in [3.05, 3.63) is 64.8 Å². The van der Waals surface area contributed by atoms with Gasteiger partial charge in [-0.25, -0.2) is 17.7 Å². The minimum atomic E-state index is -1.72. The van der Waals surface area contributed by atoms with Crippen LogP contribution in [0.3, 0.4) is 0 Å². The highest BCUT2D eigenvalue weighted by molar-refractivity contribution is 7.15. The fourth-order valence-electron chi connectivity index (χ4n) is 2.59. The molecule has 0 saturated carbocycles. The van der Waals surface area contributed by atoms with E-state index in [-0.39, 0.29) is 5.95 Å². The normalized spacial score (nSPS) is 11.0. The van der Waals surface area contributed by atoms with Gasteiger partial charge in [0.15, 0.2) is 17.5 Å². The van der Waals surface area contributed by atoms with Gasteiger partial charge in [-0.05, 0) is 24.3 Å². The smallest absolute Gasteiger partial charge is 0.261 e. The first-order valence-corrected chi connectivity index (χ1v) is 8.79. The van der Waals surface area contributed by atoms with Crippen LogP contribution in [0.2, 0.25) is 0 Å². The Bertz CT molecular complexity index is 1200. The predicted octanol–water partition coefficient (Wildman–Crippen LogP) is 4.14. The number of anilines is 1. The van der Waals surface area contributed by atoms with Crippen LogP contribution in [0, 0.1) is 17.5 Å². The van der Waals surface area contributed by atoms with Gasteiger partial charge in [0.2, 0.25) is 4.96 Å². The summed E-state index contributed by atoms with van der Waals surface area (Å²) in [4.78, 5) is 16.8. The third kappa shape index (κ3) is 3.07. The zero-order valence-electron chi connectivity index (χ0n) is 14.2. The fourth-order valence-corrected chi connectivity index (χ4v) is 3.42. The first-order valence-electron chi connectivity index (χ1n) is 7.91. The lowest BCUT2D eigenvalue weighted by Crippen LogP contribution is -2.16. The summed E-state index contributed by atoms with van der Waals surface area (Å²) >= 11 is 1.29. The van der Waals surface area contributed by atoms with E-state index in [4.69, 9.17) is 4.74 Å². The Morgan fingerprint density at radius 3 is 2.79 bits per heavy atom. The van der Waals surface area contributed by atoms with E-state index >= 15 is 0 Å². The van der Waals surface area contributed by atoms with Crippen LogP contribution in [0.4, 0.5) is 19.1 Å². The number of rotatable bonds is 4. The van der Waals surface area contributed by atoms with Crippen molar-refractivity contribution >= 4 is 28.2 Å².